The fraction of sp³-hybridized carbons (Fsp3) is 0.0208. The van der Waals surface area contributed by atoms with Crippen LogP contribution >= 0.6 is 0 Å². The summed E-state index contributed by atoms with van der Waals surface area (Å²) >= 11 is 0. The fourth-order valence-electron chi connectivity index (χ4n) is 7.24. The lowest BCUT2D eigenvalue weighted by Crippen LogP contribution is -2.13. The van der Waals surface area contributed by atoms with Gasteiger partial charge in [-0.05, 0) is 82.6 Å². The van der Waals surface area contributed by atoms with E-state index in [1.165, 1.54) is 7.11 Å². The maximum Gasteiger partial charge on any atom is 0.259 e. The molecular formula is C48H32N6O6. The van der Waals surface area contributed by atoms with E-state index in [2.05, 4.69) is 31.1 Å². The number of ether oxygens (including phenoxy) is 1. The van der Waals surface area contributed by atoms with Gasteiger partial charge in [0.1, 0.15) is 17.1 Å². The number of anilines is 2. The number of fused-ring (bicyclic) bond motifs is 5. The Bertz CT molecular complexity index is 3130. The topological polar surface area (TPSA) is 174 Å². The monoisotopic (exact) mass is 788 g/mol. The predicted octanol–water partition coefficient (Wildman–Crippen LogP) is 12.0. The molecule has 0 radical (unpaired) electrons. The van der Waals surface area contributed by atoms with E-state index in [1.54, 1.807) is 127 Å². The summed E-state index contributed by atoms with van der Waals surface area (Å²) in [7, 11) is 1.50. The maximum atomic E-state index is 13.9. The first kappa shape index (κ1) is 37.1. The molecule has 1 aliphatic carbocycles. The van der Waals surface area contributed by atoms with Crippen LogP contribution in [0.3, 0.4) is 0 Å². The first-order valence-electron chi connectivity index (χ1n) is 18.7. The normalized spacial score (nSPS) is 11.9. The number of carbonyl (C=O) groups is 3. The minimum Gasteiger partial charge on any atom is -0.505 e. The molecule has 0 fully saturated rings. The van der Waals surface area contributed by atoms with E-state index < -0.39 is 11.8 Å². The smallest absolute Gasteiger partial charge is 0.259 e. The molecule has 0 saturated heterocycles. The van der Waals surface area contributed by atoms with Crippen LogP contribution < -0.4 is 15.4 Å². The van der Waals surface area contributed by atoms with Gasteiger partial charge in [0, 0.05) is 27.6 Å². The van der Waals surface area contributed by atoms with Crippen LogP contribution in [-0.4, -0.2) is 34.9 Å². The van der Waals surface area contributed by atoms with Gasteiger partial charge in [-0.2, -0.15) is 10.2 Å². The molecule has 8 aromatic carbocycles. The molecule has 12 heteroatoms. The largest absolute Gasteiger partial charge is 0.505 e. The molecule has 0 saturated carbocycles. The van der Waals surface area contributed by atoms with Crippen molar-refractivity contribution in [2.24, 2.45) is 20.5 Å². The van der Waals surface area contributed by atoms with Gasteiger partial charge in [0.25, 0.3) is 11.8 Å². The molecule has 1 aliphatic rings. The van der Waals surface area contributed by atoms with Gasteiger partial charge in [-0.3, -0.25) is 14.4 Å². The number of hydrogen-bond acceptors (Lipinski definition) is 10. The average molecular weight is 789 g/mol. The van der Waals surface area contributed by atoms with Crippen molar-refractivity contribution >= 4 is 73.3 Å². The van der Waals surface area contributed by atoms with Crippen LogP contribution in [0.2, 0.25) is 0 Å². The minimum atomic E-state index is -0.566. The Morgan fingerprint density at radius 1 is 0.517 bits per heavy atom. The van der Waals surface area contributed by atoms with Crippen molar-refractivity contribution < 1.29 is 29.3 Å². The number of hydrogen-bond donors (Lipinski definition) is 4. The second kappa shape index (κ2) is 15.4. The summed E-state index contributed by atoms with van der Waals surface area (Å²) in [5, 5.41) is 48.5. The van der Waals surface area contributed by atoms with E-state index in [0.29, 0.717) is 72.3 Å². The molecule has 0 atom stereocenters. The molecular weight excluding hydrogens is 757 g/mol. The van der Waals surface area contributed by atoms with Crippen LogP contribution in [0.5, 0.6) is 17.2 Å². The molecule has 0 bridgehead atoms. The lowest BCUT2D eigenvalue weighted by Gasteiger charge is -2.13. The van der Waals surface area contributed by atoms with E-state index in [9.17, 15) is 24.6 Å². The third kappa shape index (κ3) is 6.83. The van der Waals surface area contributed by atoms with Gasteiger partial charge >= 0.3 is 0 Å². The summed E-state index contributed by atoms with van der Waals surface area (Å²) in [6.07, 6.45) is 0. The van der Waals surface area contributed by atoms with E-state index in [-0.39, 0.29) is 39.8 Å². The zero-order chi connectivity index (χ0) is 41.3. The standard InChI is InChI=1S/C48H32N6O6/c1-60-41-18-10-9-17-40(41)50-48(59)39-24-28-12-6-8-16-33(28)43(46(39)57)54-52-31-20-22-35-34-21-19-30(25-36(34)44(55)37(35)26-31)51-53-42-32-15-7-5-11-27(32)23-38(45(42)56)47(58)49-29-13-3-2-4-14-29/h2-26,56-57H,1H3,(H,49,58)(H,50,59). The Morgan fingerprint density at radius 2 is 1.00 bits per heavy atom. The first-order valence-corrected chi connectivity index (χ1v) is 18.7. The van der Waals surface area contributed by atoms with Gasteiger partial charge in [0.2, 0.25) is 0 Å². The summed E-state index contributed by atoms with van der Waals surface area (Å²) in [4.78, 5) is 40.6. The lowest BCUT2D eigenvalue weighted by atomic mass is 10.0. The van der Waals surface area contributed by atoms with Gasteiger partial charge in [0.15, 0.2) is 17.3 Å². The number of aromatic hydroxyl groups is 2. The highest BCUT2D eigenvalue weighted by molar-refractivity contribution is 6.22. The van der Waals surface area contributed by atoms with E-state index in [0.717, 1.165) is 0 Å². The number of phenolic OH excluding ortho intramolecular Hbond substituents is 2. The highest BCUT2D eigenvalue weighted by Crippen LogP contribution is 2.44. The van der Waals surface area contributed by atoms with E-state index in [1.807, 2.05) is 24.3 Å². The van der Waals surface area contributed by atoms with Crippen LogP contribution in [0.4, 0.5) is 34.1 Å². The highest BCUT2D eigenvalue weighted by atomic mass is 16.5. The number of nitrogens with one attached hydrogen (secondary N) is 2. The average Bonchev–Trinajstić information content (AvgIpc) is 3.55. The molecule has 60 heavy (non-hydrogen) atoms. The molecule has 9 rings (SSSR count). The molecule has 0 aliphatic heterocycles. The lowest BCUT2D eigenvalue weighted by molar-refractivity contribution is 0.101. The number of ketones is 1. The molecule has 0 spiro atoms. The SMILES string of the molecule is COc1ccccc1NC(=O)c1cc2ccccc2c(N=Nc2ccc3c(c2)C(=O)c2cc(N=Nc4c(O)c(C(=O)Nc5ccccc5)cc5ccccc45)ccc2-3)c1O. The summed E-state index contributed by atoms with van der Waals surface area (Å²) < 4.78 is 5.37. The summed E-state index contributed by atoms with van der Waals surface area (Å²) in [5.74, 6) is -1.57. The number of benzene rings is 8. The number of para-hydroxylation sites is 3. The Hall–Kier alpha value is -8.51. The Morgan fingerprint density at radius 3 is 1.55 bits per heavy atom. The van der Waals surface area contributed by atoms with Gasteiger partial charge in [0.05, 0.1) is 35.3 Å². The van der Waals surface area contributed by atoms with Crippen molar-refractivity contribution in [2.75, 3.05) is 17.7 Å². The molecule has 2 amide bonds. The zero-order valence-corrected chi connectivity index (χ0v) is 31.8. The molecule has 0 heterocycles. The third-order valence-electron chi connectivity index (χ3n) is 10.2. The number of nitrogens with zero attached hydrogens (tertiary/aromatic N) is 4. The van der Waals surface area contributed by atoms with Crippen molar-refractivity contribution in [2.45, 2.75) is 0 Å². The number of methoxy groups -OCH3 is 1. The van der Waals surface area contributed by atoms with Crippen molar-refractivity contribution in [1.82, 2.24) is 0 Å². The van der Waals surface area contributed by atoms with Crippen molar-refractivity contribution in [1.29, 1.82) is 0 Å². The Kier molecular flexibility index (Phi) is 9.55. The summed E-state index contributed by atoms with van der Waals surface area (Å²) in [5.41, 5.74) is 4.12. The van der Waals surface area contributed by atoms with Gasteiger partial charge < -0.3 is 25.6 Å². The molecule has 290 valence electrons. The molecule has 0 aromatic heterocycles. The number of azo groups is 2. The quantitative estimate of drug-likeness (QED) is 0.106. The van der Waals surface area contributed by atoms with Crippen molar-refractivity contribution in [3.8, 4) is 28.4 Å². The number of phenols is 2. The second-order valence-electron chi connectivity index (χ2n) is 13.8. The van der Waals surface area contributed by atoms with Crippen LogP contribution in [-0.2, 0) is 0 Å². The minimum absolute atomic E-state index is 0.00857. The number of carbonyl (C=O) groups excluding carboxylic acids is 3. The molecule has 4 N–H and O–H groups in total. The van der Waals surface area contributed by atoms with Gasteiger partial charge in [-0.25, -0.2) is 0 Å². The van der Waals surface area contributed by atoms with Gasteiger partial charge in [-0.15, -0.1) is 10.2 Å². The predicted molar refractivity (Wildman–Crippen MR) is 230 cm³/mol. The molecule has 12 nitrogen and oxygen atoms in total. The van der Waals surface area contributed by atoms with E-state index in [4.69, 9.17) is 4.74 Å². The second-order valence-corrected chi connectivity index (χ2v) is 13.8. The fourth-order valence-corrected chi connectivity index (χ4v) is 7.24. The van der Waals surface area contributed by atoms with Gasteiger partial charge in [-0.1, -0.05) is 91.0 Å². The molecule has 8 aromatic rings. The number of rotatable bonds is 9. The van der Waals surface area contributed by atoms with Crippen LogP contribution in [0.15, 0.2) is 172 Å². The van der Waals surface area contributed by atoms with E-state index >= 15 is 0 Å². The Balaban J connectivity index is 0.994. The first-order chi connectivity index (χ1) is 29.3. The number of amides is 2. The zero-order valence-electron chi connectivity index (χ0n) is 31.8. The van der Waals surface area contributed by atoms with Crippen LogP contribution in [0.1, 0.15) is 36.6 Å². The summed E-state index contributed by atoms with van der Waals surface area (Å²) in [6, 6.07) is 43.7. The maximum absolute atomic E-state index is 13.9. The van der Waals surface area contributed by atoms with Crippen molar-refractivity contribution in [3.63, 3.8) is 0 Å². The molecule has 0 unspecified atom stereocenters. The summed E-state index contributed by atoms with van der Waals surface area (Å²) in [6.45, 7) is 0. The Labute approximate surface area is 342 Å². The highest BCUT2D eigenvalue weighted by Gasteiger charge is 2.28. The van der Waals surface area contributed by atoms with Crippen LogP contribution in [0.25, 0.3) is 32.7 Å². The van der Waals surface area contributed by atoms with Crippen molar-refractivity contribution in [3.05, 3.63) is 174 Å². The third-order valence-corrected chi connectivity index (χ3v) is 10.2. The van der Waals surface area contributed by atoms with Crippen LogP contribution in [0, 0.1) is 0 Å².